The minimum absolute atomic E-state index is 0.0248. The van der Waals surface area contributed by atoms with E-state index in [0.717, 1.165) is 0 Å². The maximum Gasteiger partial charge on any atom is 0.417 e. The van der Waals surface area contributed by atoms with Crippen molar-refractivity contribution in [2.45, 2.75) is 18.2 Å². The van der Waals surface area contributed by atoms with Crippen molar-refractivity contribution in [3.8, 4) is 0 Å². The lowest BCUT2D eigenvalue weighted by Gasteiger charge is -2.18. The summed E-state index contributed by atoms with van der Waals surface area (Å²) in [6.45, 7) is 0. The molecule has 19 heavy (non-hydrogen) atoms. The molecule has 3 nitrogen and oxygen atoms in total. The van der Waals surface area contributed by atoms with Gasteiger partial charge in [0.05, 0.1) is 27.5 Å². The molecule has 1 aromatic carbocycles. The minimum Gasteiger partial charge on any atom is -0.258 e. The minimum atomic E-state index is -5.40. The third kappa shape index (κ3) is 3.09. The number of nitro benzene ring substituents is 1. The molecule has 0 aromatic heterocycles. The highest BCUT2D eigenvalue weighted by molar-refractivity contribution is 6.17. The summed E-state index contributed by atoms with van der Waals surface area (Å²) < 4.78 is 75.6. The molecule has 0 saturated carbocycles. The number of hydrogen-bond acceptors (Lipinski definition) is 2. The molecule has 0 amide bonds. The van der Waals surface area contributed by atoms with Gasteiger partial charge in [0.1, 0.15) is 0 Å². The first-order chi connectivity index (χ1) is 8.50. The third-order valence-electron chi connectivity index (χ3n) is 2.21. The molecule has 0 N–H and O–H groups in total. The van der Waals surface area contributed by atoms with Crippen LogP contribution in [0.4, 0.5) is 32.0 Å². The van der Waals surface area contributed by atoms with E-state index >= 15 is 0 Å². The summed E-state index contributed by atoms with van der Waals surface area (Å²) in [4.78, 5) is 9.30. The van der Waals surface area contributed by atoms with E-state index in [1.54, 1.807) is 0 Å². The van der Waals surface area contributed by atoms with Crippen LogP contribution in [0, 0.1) is 10.1 Å². The molecule has 1 aromatic rings. The van der Waals surface area contributed by atoms with Crippen LogP contribution in [-0.4, -0.2) is 4.92 Å². The molecule has 0 atom stereocenters. The fourth-order valence-corrected chi connectivity index (χ4v) is 1.77. The van der Waals surface area contributed by atoms with Crippen LogP contribution in [0.25, 0.3) is 0 Å². The Balaban J connectivity index is 3.76. The Morgan fingerprint density at radius 2 is 1.63 bits per heavy atom. The highest BCUT2D eigenvalue weighted by Gasteiger charge is 2.46. The molecular weight excluding hydrogens is 304 g/mol. The zero-order valence-corrected chi connectivity index (χ0v) is 9.53. The number of nitro groups is 1. The van der Waals surface area contributed by atoms with E-state index in [1.807, 2.05) is 0 Å². The fourth-order valence-electron chi connectivity index (χ4n) is 1.50. The van der Waals surface area contributed by atoms with E-state index in [-0.39, 0.29) is 6.07 Å². The average molecular weight is 308 g/mol. The normalized spacial score (nSPS) is 12.6. The zero-order chi connectivity index (χ0) is 15.0. The quantitative estimate of drug-likeness (QED) is 0.352. The van der Waals surface area contributed by atoms with Crippen molar-refractivity contribution in [2.24, 2.45) is 0 Å². The summed E-state index contributed by atoms with van der Waals surface area (Å²) in [6, 6.07) is 0.382. The van der Waals surface area contributed by atoms with E-state index in [2.05, 4.69) is 0 Å². The maximum atomic E-state index is 12.7. The Morgan fingerprint density at radius 1 is 1.11 bits per heavy atom. The summed E-state index contributed by atoms with van der Waals surface area (Å²) in [5.41, 5.74) is -6.42. The lowest BCUT2D eigenvalue weighted by Crippen LogP contribution is -2.19. The molecule has 0 saturated heterocycles. The molecule has 0 radical (unpaired) electrons. The Morgan fingerprint density at radius 3 is 1.95 bits per heavy atom. The van der Waals surface area contributed by atoms with Crippen molar-refractivity contribution in [1.29, 1.82) is 0 Å². The standard InChI is InChI=1S/C9H4ClF6NO2/c10-3-4-6(17(18)19)2-1-5(8(11,12)13)7(4)9(14,15)16/h1-2H,3H2. The number of nitrogens with zero attached hydrogens (tertiary/aromatic N) is 1. The molecule has 0 heterocycles. The maximum absolute atomic E-state index is 12.7. The SMILES string of the molecule is O=[N+]([O-])c1ccc(C(F)(F)F)c(C(F)(F)F)c1CCl. The second-order valence-electron chi connectivity index (χ2n) is 3.37. The molecule has 0 spiro atoms. The summed E-state index contributed by atoms with van der Waals surface area (Å²) in [6.07, 6.45) is -10.7. The van der Waals surface area contributed by atoms with Gasteiger partial charge in [-0.15, -0.1) is 11.6 Å². The predicted octanol–water partition coefficient (Wildman–Crippen LogP) is 4.37. The van der Waals surface area contributed by atoms with Gasteiger partial charge in [-0.2, -0.15) is 26.3 Å². The van der Waals surface area contributed by atoms with Crippen LogP contribution in [-0.2, 0) is 18.2 Å². The molecule has 1 rings (SSSR count). The van der Waals surface area contributed by atoms with Crippen LogP contribution in [0.5, 0.6) is 0 Å². The Labute approximate surface area is 106 Å². The van der Waals surface area contributed by atoms with Crippen LogP contribution in [0.2, 0.25) is 0 Å². The third-order valence-corrected chi connectivity index (χ3v) is 2.47. The van der Waals surface area contributed by atoms with Gasteiger partial charge in [-0.1, -0.05) is 0 Å². The van der Waals surface area contributed by atoms with Gasteiger partial charge in [0.15, 0.2) is 0 Å². The lowest BCUT2D eigenvalue weighted by atomic mass is 9.99. The zero-order valence-electron chi connectivity index (χ0n) is 8.77. The molecule has 10 heteroatoms. The van der Waals surface area contributed by atoms with E-state index in [1.165, 1.54) is 0 Å². The van der Waals surface area contributed by atoms with Crippen LogP contribution in [0.3, 0.4) is 0 Å². The van der Waals surface area contributed by atoms with Gasteiger partial charge >= 0.3 is 12.4 Å². The Bertz CT molecular complexity index is 511. The first-order valence-electron chi connectivity index (χ1n) is 4.50. The molecule has 0 fully saturated rings. The van der Waals surface area contributed by atoms with Crippen LogP contribution >= 0.6 is 11.6 Å². The molecule has 0 bridgehead atoms. The van der Waals surface area contributed by atoms with Crippen molar-refractivity contribution >= 4 is 17.3 Å². The van der Waals surface area contributed by atoms with Gasteiger partial charge in [-0.05, 0) is 6.07 Å². The Hall–Kier alpha value is -1.51. The van der Waals surface area contributed by atoms with E-state index in [9.17, 15) is 36.5 Å². The summed E-state index contributed by atoms with van der Waals surface area (Å²) in [7, 11) is 0. The van der Waals surface area contributed by atoms with Gasteiger partial charge in [0, 0.05) is 6.07 Å². The molecule has 0 aliphatic rings. The second-order valence-corrected chi connectivity index (χ2v) is 3.64. The smallest absolute Gasteiger partial charge is 0.258 e. The molecule has 0 aliphatic carbocycles. The highest BCUT2D eigenvalue weighted by atomic mass is 35.5. The van der Waals surface area contributed by atoms with E-state index in [4.69, 9.17) is 11.6 Å². The van der Waals surface area contributed by atoms with Crippen molar-refractivity contribution in [2.75, 3.05) is 0 Å². The molecule has 0 unspecified atom stereocenters. The number of halogens is 7. The summed E-state index contributed by atoms with van der Waals surface area (Å²) >= 11 is 5.14. The van der Waals surface area contributed by atoms with Crippen LogP contribution in [0.15, 0.2) is 12.1 Å². The molecule has 106 valence electrons. The predicted molar refractivity (Wildman–Crippen MR) is 52.7 cm³/mol. The monoisotopic (exact) mass is 307 g/mol. The molecule has 0 aliphatic heterocycles. The summed E-state index contributed by atoms with van der Waals surface area (Å²) in [5, 5.41) is 10.5. The topological polar surface area (TPSA) is 43.1 Å². The van der Waals surface area contributed by atoms with Gasteiger partial charge in [0.2, 0.25) is 0 Å². The van der Waals surface area contributed by atoms with Crippen molar-refractivity contribution in [1.82, 2.24) is 0 Å². The average Bonchev–Trinajstić information content (AvgIpc) is 2.24. The number of alkyl halides is 7. The number of benzene rings is 1. The lowest BCUT2D eigenvalue weighted by molar-refractivity contribution is -0.385. The summed E-state index contributed by atoms with van der Waals surface area (Å²) in [5.74, 6) is -1.06. The number of rotatable bonds is 2. The van der Waals surface area contributed by atoms with E-state index < -0.39 is 45.5 Å². The highest BCUT2D eigenvalue weighted by Crippen LogP contribution is 2.44. The van der Waals surface area contributed by atoms with Crippen molar-refractivity contribution in [3.63, 3.8) is 0 Å². The Kier molecular flexibility index (Phi) is 3.99. The second kappa shape index (κ2) is 4.87. The van der Waals surface area contributed by atoms with Crippen LogP contribution < -0.4 is 0 Å². The van der Waals surface area contributed by atoms with Gasteiger partial charge in [0.25, 0.3) is 5.69 Å². The van der Waals surface area contributed by atoms with Gasteiger partial charge in [-0.3, -0.25) is 10.1 Å². The fraction of sp³-hybridized carbons (Fsp3) is 0.333. The van der Waals surface area contributed by atoms with Gasteiger partial charge < -0.3 is 0 Å². The number of hydrogen-bond donors (Lipinski definition) is 0. The van der Waals surface area contributed by atoms with Gasteiger partial charge in [-0.25, -0.2) is 0 Å². The van der Waals surface area contributed by atoms with E-state index in [0.29, 0.717) is 6.07 Å². The first-order valence-corrected chi connectivity index (χ1v) is 5.04. The van der Waals surface area contributed by atoms with Crippen LogP contribution in [0.1, 0.15) is 16.7 Å². The largest absolute Gasteiger partial charge is 0.417 e. The van der Waals surface area contributed by atoms with Crippen molar-refractivity contribution < 1.29 is 31.3 Å². The molecular formula is C9H4ClF6NO2. The van der Waals surface area contributed by atoms with Crippen molar-refractivity contribution in [3.05, 3.63) is 38.9 Å². The first kappa shape index (κ1) is 15.5.